The van der Waals surface area contributed by atoms with Gasteiger partial charge in [0.25, 0.3) is 0 Å². The Bertz CT molecular complexity index is 228. The van der Waals surface area contributed by atoms with Gasteiger partial charge in [-0.1, -0.05) is 0 Å². The number of ether oxygens (including phenoxy) is 1. The summed E-state index contributed by atoms with van der Waals surface area (Å²) in [6, 6.07) is 0. The molecule has 5 heteroatoms. The third kappa shape index (κ3) is 5.80. The van der Waals surface area contributed by atoms with E-state index in [4.69, 9.17) is 9.84 Å². The molecule has 0 saturated carbocycles. The fourth-order valence-electron chi connectivity index (χ4n) is 2.29. The highest BCUT2D eigenvalue weighted by atomic mass is 16.5. The van der Waals surface area contributed by atoms with Crippen molar-refractivity contribution in [3.05, 3.63) is 0 Å². The maximum absolute atomic E-state index is 11.9. The summed E-state index contributed by atoms with van der Waals surface area (Å²) < 4.78 is 4.94. The molecule has 0 aromatic carbocycles. The number of methoxy groups -OCH3 is 1. The molecule has 0 spiro atoms. The first-order chi connectivity index (χ1) is 8.77. The lowest BCUT2D eigenvalue weighted by atomic mass is 9.96. The van der Waals surface area contributed by atoms with Crippen LogP contribution in [0, 0.1) is 5.92 Å². The van der Waals surface area contributed by atoms with Crippen molar-refractivity contribution in [3.8, 4) is 0 Å². The molecule has 0 bridgehead atoms. The molecule has 0 aliphatic carbocycles. The number of aliphatic hydroxyl groups is 1. The molecule has 1 fully saturated rings. The average molecular weight is 258 g/mol. The minimum Gasteiger partial charge on any atom is -0.396 e. The predicted octanol–water partition coefficient (Wildman–Crippen LogP) is 0.234. The van der Waals surface area contributed by atoms with E-state index in [1.165, 1.54) is 0 Å². The van der Waals surface area contributed by atoms with Crippen LogP contribution < -0.4 is 5.32 Å². The topological polar surface area (TPSA) is 61.8 Å². The van der Waals surface area contributed by atoms with Crippen molar-refractivity contribution in [2.24, 2.45) is 5.92 Å². The maximum Gasteiger partial charge on any atom is 0.223 e. The van der Waals surface area contributed by atoms with Crippen LogP contribution in [0.3, 0.4) is 0 Å². The zero-order valence-corrected chi connectivity index (χ0v) is 11.4. The Labute approximate surface area is 109 Å². The summed E-state index contributed by atoms with van der Waals surface area (Å²) in [5.74, 6) is 0.353. The SMILES string of the molecule is COCCCNC(=O)C1CCN(CCCO)CC1. The van der Waals surface area contributed by atoms with Gasteiger partial charge in [0, 0.05) is 39.3 Å². The zero-order chi connectivity index (χ0) is 13.2. The van der Waals surface area contributed by atoms with E-state index < -0.39 is 0 Å². The lowest BCUT2D eigenvalue weighted by molar-refractivity contribution is -0.126. The molecule has 0 atom stereocenters. The molecule has 5 nitrogen and oxygen atoms in total. The number of carbonyl (C=O) groups is 1. The summed E-state index contributed by atoms with van der Waals surface area (Å²) in [5, 5.41) is 11.7. The summed E-state index contributed by atoms with van der Waals surface area (Å²) in [4.78, 5) is 14.2. The predicted molar refractivity (Wildman–Crippen MR) is 70.4 cm³/mol. The summed E-state index contributed by atoms with van der Waals surface area (Å²) in [6.45, 7) is 4.53. The van der Waals surface area contributed by atoms with Crippen molar-refractivity contribution < 1.29 is 14.6 Å². The van der Waals surface area contributed by atoms with Gasteiger partial charge in [-0.25, -0.2) is 0 Å². The molecule has 0 aromatic rings. The molecule has 0 radical (unpaired) electrons. The first-order valence-electron chi connectivity index (χ1n) is 6.87. The van der Waals surface area contributed by atoms with Gasteiger partial charge in [-0.3, -0.25) is 4.79 Å². The van der Waals surface area contributed by atoms with Crippen LogP contribution in [-0.2, 0) is 9.53 Å². The van der Waals surface area contributed by atoms with E-state index >= 15 is 0 Å². The molecule has 18 heavy (non-hydrogen) atoms. The summed E-state index contributed by atoms with van der Waals surface area (Å²) >= 11 is 0. The standard InChI is InChI=1S/C13H26N2O3/c1-18-11-2-6-14-13(17)12-4-8-15(9-5-12)7-3-10-16/h12,16H,2-11H2,1H3,(H,14,17). The second-order valence-electron chi connectivity index (χ2n) is 4.83. The molecular formula is C13H26N2O3. The van der Waals surface area contributed by atoms with Crippen LogP contribution in [0.1, 0.15) is 25.7 Å². The van der Waals surface area contributed by atoms with Gasteiger partial charge < -0.3 is 20.1 Å². The van der Waals surface area contributed by atoms with Gasteiger partial charge in [-0.15, -0.1) is 0 Å². The number of rotatable bonds is 8. The molecule has 1 heterocycles. The highest BCUT2D eigenvalue weighted by Gasteiger charge is 2.24. The number of aliphatic hydroxyl groups excluding tert-OH is 1. The average Bonchev–Trinajstić information content (AvgIpc) is 2.41. The fraction of sp³-hybridized carbons (Fsp3) is 0.923. The van der Waals surface area contributed by atoms with Gasteiger partial charge in [0.05, 0.1) is 0 Å². The van der Waals surface area contributed by atoms with Crippen molar-refractivity contribution in [1.82, 2.24) is 10.2 Å². The minimum absolute atomic E-state index is 0.165. The number of piperidine rings is 1. The lowest BCUT2D eigenvalue weighted by Crippen LogP contribution is -2.41. The molecule has 0 aromatic heterocycles. The van der Waals surface area contributed by atoms with Gasteiger partial charge in [-0.05, 0) is 38.8 Å². The van der Waals surface area contributed by atoms with Crippen LogP contribution in [0.4, 0.5) is 0 Å². The van der Waals surface area contributed by atoms with E-state index in [1.807, 2.05) is 0 Å². The van der Waals surface area contributed by atoms with Crippen LogP contribution in [0.15, 0.2) is 0 Å². The smallest absolute Gasteiger partial charge is 0.223 e. The van der Waals surface area contributed by atoms with Crippen LogP contribution in [-0.4, -0.2) is 62.4 Å². The third-order valence-corrected chi connectivity index (χ3v) is 3.42. The van der Waals surface area contributed by atoms with Crippen LogP contribution in [0.25, 0.3) is 0 Å². The fourth-order valence-corrected chi connectivity index (χ4v) is 2.29. The Hall–Kier alpha value is -0.650. The van der Waals surface area contributed by atoms with E-state index in [0.29, 0.717) is 13.2 Å². The van der Waals surface area contributed by atoms with Gasteiger partial charge in [0.15, 0.2) is 0 Å². The first-order valence-corrected chi connectivity index (χ1v) is 6.87. The van der Waals surface area contributed by atoms with Crippen LogP contribution >= 0.6 is 0 Å². The van der Waals surface area contributed by atoms with Crippen molar-refractivity contribution in [2.75, 3.05) is 46.5 Å². The number of likely N-dealkylation sites (tertiary alicyclic amines) is 1. The molecule has 1 aliphatic heterocycles. The van der Waals surface area contributed by atoms with Gasteiger partial charge in [0.1, 0.15) is 0 Å². The highest BCUT2D eigenvalue weighted by Crippen LogP contribution is 2.17. The molecule has 1 amide bonds. The Morgan fingerprint density at radius 1 is 1.39 bits per heavy atom. The van der Waals surface area contributed by atoms with Crippen molar-refractivity contribution in [3.63, 3.8) is 0 Å². The summed E-state index contributed by atoms with van der Waals surface area (Å²) in [6.07, 6.45) is 3.56. The van der Waals surface area contributed by atoms with E-state index in [0.717, 1.165) is 45.3 Å². The highest BCUT2D eigenvalue weighted by molar-refractivity contribution is 5.78. The molecule has 106 valence electrons. The molecular weight excluding hydrogens is 232 g/mol. The number of nitrogens with one attached hydrogen (secondary N) is 1. The molecule has 2 N–H and O–H groups in total. The monoisotopic (exact) mass is 258 g/mol. The zero-order valence-electron chi connectivity index (χ0n) is 11.4. The second-order valence-corrected chi connectivity index (χ2v) is 4.83. The van der Waals surface area contributed by atoms with Gasteiger partial charge in [-0.2, -0.15) is 0 Å². The summed E-state index contributed by atoms with van der Waals surface area (Å²) in [5.41, 5.74) is 0. The van der Waals surface area contributed by atoms with Gasteiger partial charge in [0.2, 0.25) is 5.91 Å². The molecule has 1 saturated heterocycles. The number of amides is 1. The maximum atomic E-state index is 11.9. The van der Waals surface area contributed by atoms with Gasteiger partial charge >= 0.3 is 0 Å². The molecule has 1 aliphatic rings. The van der Waals surface area contributed by atoms with E-state index in [-0.39, 0.29) is 18.4 Å². The Kier molecular flexibility index (Phi) is 7.96. The Morgan fingerprint density at radius 3 is 2.72 bits per heavy atom. The first kappa shape index (κ1) is 15.4. The summed E-state index contributed by atoms with van der Waals surface area (Å²) in [7, 11) is 1.67. The van der Waals surface area contributed by atoms with Crippen molar-refractivity contribution in [1.29, 1.82) is 0 Å². The number of hydrogen-bond donors (Lipinski definition) is 2. The Balaban J connectivity index is 2.11. The largest absolute Gasteiger partial charge is 0.396 e. The van der Waals surface area contributed by atoms with Crippen molar-refractivity contribution in [2.45, 2.75) is 25.7 Å². The van der Waals surface area contributed by atoms with Crippen LogP contribution in [0.2, 0.25) is 0 Å². The second kappa shape index (κ2) is 9.30. The molecule has 1 rings (SSSR count). The van der Waals surface area contributed by atoms with Crippen molar-refractivity contribution >= 4 is 5.91 Å². The lowest BCUT2D eigenvalue weighted by Gasteiger charge is -2.31. The number of nitrogens with zero attached hydrogens (tertiary/aromatic N) is 1. The van der Waals surface area contributed by atoms with E-state index in [1.54, 1.807) is 7.11 Å². The quantitative estimate of drug-likeness (QED) is 0.612. The molecule has 0 unspecified atom stereocenters. The third-order valence-electron chi connectivity index (χ3n) is 3.42. The Morgan fingerprint density at radius 2 is 2.11 bits per heavy atom. The normalized spacial score (nSPS) is 17.9. The van der Waals surface area contributed by atoms with E-state index in [2.05, 4.69) is 10.2 Å². The van der Waals surface area contributed by atoms with Crippen LogP contribution in [0.5, 0.6) is 0 Å². The number of hydrogen-bond acceptors (Lipinski definition) is 4. The number of carbonyl (C=O) groups excluding carboxylic acids is 1. The minimum atomic E-state index is 0.165. The van der Waals surface area contributed by atoms with E-state index in [9.17, 15) is 4.79 Å².